The van der Waals surface area contributed by atoms with Crippen LogP contribution >= 0.6 is 0 Å². The van der Waals surface area contributed by atoms with Gasteiger partial charge in [0.05, 0.1) is 0 Å². The zero-order chi connectivity index (χ0) is 16.2. The van der Waals surface area contributed by atoms with Crippen LogP contribution in [0.25, 0.3) is 11.5 Å². The van der Waals surface area contributed by atoms with E-state index < -0.39 is 0 Å². The molecular weight excluding hydrogens is 292 g/mol. The molecule has 1 fully saturated rings. The summed E-state index contributed by atoms with van der Waals surface area (Å²) in [5, 5.41) is 6.87. The molecule has 0 saturated carbocycles. The van der Waals surface area contributed by atoms with Crippen molar-refractivity contribution in [3.05, 3.63) is 30.1 Å². The van der Waals surface area contributed by atoms with Gasteiger partial charge in [-0.1, -0.05) is 11.2 Å². The topological polar surface area (TPSA) is 71.3 Å². The Hall–Kier alpha value is -2.21. The number of carbonyl (C=O) groups is 1. The number of benzene rings is 1. The van der Waals surface area contributed by atoms with Gasteiger partial charge in [-0.15, -0.1) is 0 Å². The Morgan fingerprint density at radius 3 is 2.91 bits per heavy atom. The molecule has 1 aliphatic heterocycles. The van der Waals surface area contributed by atoms with Gasteiger partial charge in [0, 0.05) is 24.6 Å². The van der Waals surface area contributed by atoms with E-state index in [1.807, 2.05) is 24.3 Å². The molecule has 1 aliphatic rings. The Bertz CT molecular complexity index is 675. The Morgan fingerprint density at radius 2 is 2.17 bits per heavy atom. The van der Waals surface area contributed by atoms with Crippen molar-refractivity contribution in [1.82, 2.24) is 15.0 Å². The van der Waals surface area contributed by atoms with Crippen LogP contribution in [0.1, 0.15) is 25.6 Å². The molecule has 2 heterocycles. The molecule has 1 saturated heterocycles. The van der Waals surface area contributed by atoms with Gasteiger partial charge in [0.15, 0.2) is 5.82 Å². The number of rotatable bonds is 4. The molecule has 122 valence electrons. The van der Waals surface area contributed by atoms with Crippen molar-refractivity contribution in [3.8, 4) is 11.5 Å². The molecule has 1 N–H and O–H groups in total. The lowest BCUT2D eigenvalue weighted by atomic mass is 9.94. The Labute approximate surface area is 135 Å². The van der Waals surface area contributed by atoms with E-state index in [0.29, 0.717) is 11.8 Å². The van der Waals surface area contributed by atoms with Gasteiger partial charge in [0.1, 0.15) is 0 Å². The van der Waals surface area contributed by atoms with E-state index in [4.69, 9.17) is 4.52 Å². The SMILES string of the molecule is CC(=O)Nc1cccc(-c2nc(CC3CCN(C)CC3)no2)c1. The van der Waals surface area contributed by atoms with Gasteiger partial charge in [-0.2, -0.15) is 4.98 Å². The second-order valence-electron chi connectivity index (χ2n) is 6.23. The number of carbonyl (C=O) groups excluding carboxylic acids is 1. The van der Waals surface area contributed by atoms with Crippen molar-refractivity contribution in [2.45, 2.75) is 26.2 Å². The van der Waals surface area contributed by atoms with Crippen molar-refractivity contribution in [3.63, 3.8) is 0 Å². The fourth-order valence-corrected chi connectivity index (χ4v) is 2.91. The van der Waals surface area contributed by atoms with E-state index in [0.717, 1.165) is 36.6 Å². The quantitative estimate of drug-likeness (QED) is 0.939. The first-order valence-corrected chi connectivity index (χ1v) is 7.99. The van der Waals surface area contributed by atoms with Crippen LogP contribution in [0, 0.1) is 5.92 Å². The summed E-state index contributed by atoms with van der Waals surface area (Å²) in [5.74, 6) is 1.79. The summed E-state index contributed by atoms with van der Waals surface area (Å²) in [5.41, 5.74) is 1.54. The highest BCUT2D eigenvalue weighted by molar-refractivity contribution is 5.89. The van der Waals surface area contributed by atoms with E-state index in [1.165, 1.54) is 19.8 Å². The maximum Gasteiger partial charge on any atom is 0.257 e. The number of piperidine rings is 1. The molecule has 6 heteroatoms. The number of likely N-dealkylation sites (tertiary alicyclic amines) is 1. The van der Waals surface area contributed by atoms with Crippen molar-refractivity contribution in [1.29, 1.82) is 0 Å². The van der Waals surface area contributed by atoms with Crippen LogP contribution in [-0.4, -0.2) is 41.1 Å². The maximum absolute atomic E-state index is 11.1. The Kier molecular flexibility index (Phi) is 4.71. The number of aromatic nitrogens is 2. The average molecular weight is 314 g/mol. The normalized spacial score (nSPS) is 16.4. The first-order chi connectivity index (χ1) is 11.1. The summed E-state index contributed by atoms with van der Waals surface area (Å²) < 4.78 is 5.39. The van der Waals surface area contributed by atoms with Crippen LogP contribution in [0.3, 0.4) is 0 Å². The van der Waals surface area contributed by atoms with E-state index in [2.05, 4.69) is 27.4 Å². The number of nitrogens with one attached hydrogen (secondary N) is 1. The highest BCUT2D eigenvalue weighted by atomic mass is 16.5. The number of hydrogen-bond donors (Lipinski definition) is 1. The molecule has 3 rings (SSSR count). The molecule has 0 atom stereocenters. The minimum Gasteiger partial charge on any atom is -0.334 e. The third-order valence-electron chi connectivity index (χ3n) is 4.21. The van der Waals surface area contributed by atoms with Crippen LogP contribution in [0.2, 0.25) is 0 Å². The van der Waals surface area contributed by atoms with Crippen LogP contribution in [0.5, 0.6) is 0 Å². The minimum absolute atomic E-state index is 0.101. The van der Waals surface area contributed by atoms with Gasteiger partial charge in [-0.3, -0.25) is 4.79 Å². The summed E-state index contributed by atoms with van der Waals surface area (Å²) in [7, 11) is 2.16. The monoisotopic (exact) mass is 314 g/mol. The second kappa shape index (κ2) is 6.91. The fraction of sp³-hybridized carbons (Fsp3) is 0.471. The summed E-state index contributed by atoms with van der Waals surface area (Å²) in [6.45, 7) is 3.75. The highest BCUT2D eigenvalue weighted by Crippen LogP contribution is 2.24. The summed E-state index contributed by atoms with van der Waals surface area (Å²) >= 11 is 0. The number of amides is 1. The van der Waals surface area contributed by atoms with E-state index in [1.54, 1.807) is 0 Å². The molecule has 0 spiro atoms. The summed E-state index contributed by atoms with van der Waals surface area (Å²) in [6, 6.07) is 7.44. The molecule has 1 aromatic heterocycles. The van der Waals surface area contributed by atoms with Crippen molar-refractivity contribution in [2.24, 2.45) is 5.92 Å². The average Bonchev–Trinajstić information content (AvgIpc) is 2.98. The Morgan fingerprint density at radius 1 is 1.39 bits per heavy atom. The smallest absolute Gasteiger partial charge is 0.257 e. The molecule has 6 nitrogen and oxygen atoms in total. The summed E-state index contributed by atoms with van der Waals surface area (Å²) in [6.07, 6.45) is 3.22. The first kappa shape index (κ1) is 15.7. The molecule has 1 amide bonds. The predicted molar refractivity (Wildman–Crippen MR) is 88.0 cm³/mol. The number of anilines is 1. The predicted octanol–water partition coefficient (Wildman–Crippen LogP) is 2.58. The van der Waals surface area contributed by atoms with Gasteiger partial charge < -0.3 is 14.7 Å². The number of nitrogens with zero attached hydrogens (tertiary/aromatic N) is 3. The molecular formula is C17H22N4O2. The van der Waals surface area contributed by atoms with Crippen LogP contribution < -0.4 is 5.32 Å². The molecule has 0 bridgehead atoms. The molecule has 1 aromatic carbocycles. The third-order valence-corrected chi connectivity index (χ3v) is 4.21. The van der Waals surface area contributed by atoms with Gasteiger partial charge in [0.2, 0.25) is 5.91 Å². The van der Waals surface area contributed by atoms with Crippen molar-refractivity contribution < 1.29 is 9.32 Å². The van der Waals surface area contributed by atoms with Crippen LogP contribution in [0.15, 0.2) is 28.8 Å². The molecule has 23 heavy (non-hydrogen) atoms. The Balaban J connectivity index is 1.68. The minimum atomic E-state index is -0.101. The zero-order valence-corrected chi connectivity index (χ0v) is 13.6. The lowest BCUT2D eigenvalue weighted by Crippen LogP contribution is -2.31. The lowest BCUT2D eigenvalue weighted by molar-refractivity contribution is -0.114. The van der Waals surface area contributed by atoms with Crippen molar-refractivity contribution >= 4 is 11.6 Å². The van der Waals surface area contributed by atoms with E-state index >= 15 is 0 Å². The van der Waals surface area contributed by atoms with E-state index in [9.17, 15) is 4.79 Å². The van der Waals surface area contributed by atoms with Crippen molar-refractivity contribution in [2.75, 3.05) is 25.5 Å². The zero-order valence-electron chi connectivity index (χ0n) is 13.6. The summed E-state index contributed by atoms with van der Waals surface area (Å²) in [4.78, 5) is 18.0. The third kappa shape index (κ3) is 4.16. The lowest BCUT2D eigenvalue weighted by Gasteiger charge is -2.27. The second-order valence-corrected chi connectivity index (χ2v) is 6.23. The number of hydrogen-bond acceptors (Lipinski definition) is 5. The van der Waals surface area contributed by atoms with Gasteiger partial charge in [-0.05, 0) is 57.1 Å². The first-order valence-electron chi connectivity index (χ1n) is 7.99. The largest absolute Gasteiger partial charge is 0.334 e. The maximum atomic E-state index is 11.1. The van der Waals surface area contributed by atoms with Crippen LogP contribution in [-0.2, 0) is 11.2 Å². The fourth-order valence-electron chi connectivity index (χ4n) is 2.91. The van der Waals surface area contributed by atoms with E-state index in [-0.39, 0.29) is 5.91 Å². The van der Waals surface area contributed by atoms with Gasteiger partial charge >= 0.3 is 0 Å². The van der Waals surface area contributed by atoms with Gasteiger partial charge in [0.25, 0.3) is 5.89 Å². The molecule has 0 unspecified atom stereocenters. The highest BCUT2D eigenvalue weighted by Gasteiger charge is 2.19. The molecule has 0 radical (unpaired) electrons. The molecule has 2 aromatic rings. The molecule has 0 aliphatic carbocycles. The standard InChI is InChI=1S/C17H22N4O2/c1-12(22)18-15-5-3-4-14(11-15)17-19-16(20-23-17)10-13-6-8-21(2)9-7-13/h3-5,11,13H,6-10H2,1-2H3,(H,18,22). The van der Waals surface area contributed by atoms with Gasteiger partial charge in [-0.25, -0.2) is 0 Å². The van der Waals surface area contributed by atoms with Crippen LogP contribution in [0.4, 0.5) is 5.69 Å².